The fourth-order valence-electron chi connectivity index (χ4n) is 3.37. The Morgan fingerprint density at radius 1 is 1.07 bits per heavy atom. The van der Waals surface area contributed by atoms with Crippen molar-refractivity contribution in [2.75, 3.05) is 26.2 Å². The SMILES string of the molecule is O=C(c1n[nH]c2ccccc2c1=O)N1CCN(Cc2ccc(F)cc2F)CC1. The first-order chi connectivity index (χ1) is 13.5. The van der Waals surface area contributed by atoms with E-state index in [-0.39, 0.29) is 5.69 Å². The van der Waals surface area contributed by atoms with Gasteiger partial charge in [-0.2, -0.15) is 5.10 Å². The fraction of sp³-hybridized carbons (Fsp3) is 0.250. The Morgan fingerprint density at radius 2 is 1.82 bits per heavy atom. The smallest absolute Gasteiger partial charge is 0.278 e. The molecule has 0 radical (unpaired) electrons. The summed E-state index contributed by atoms with van der Waals surface area (Å²) in [5, 5.41) is 7.14. The molecule has 1 aliphatic heterocycles. The number of para-hydroxylation sites is 1. The molecule has 1 N–H and O–H groups in total. The van der Waals surface area contributed by atoms with Crippen molar-refractivity contribution in [2.45, 2.75) is 6.54 Å². The third-order valence-corrected chi connectivity index (χ3v) is 4.95. The summed E-state index contributed by atoms with van der Waals surface area (Å²) >= 11 is 0. The highest BCUT2D eigenvalue weighted by atomic mass is 19.1. The number of H-pyrrole nitrogens is 1. The van der Waals surface area contributed by atoms with E-state index >= 15 is 0 Å². The van der Waals surface area contributed by atoms with Crippen molar-refractivity contribution in [3.63, 3.8) is 0 Å². The van der Waals surface area contributed by atoms with Crippen molar-refractivity contribution in [3.8, 4) is 0 Å². The Bertz CT molecular complexity index is 1090. The van der Waals surface area contributed by atoms with Crippen LogP contribution in [0, 0.1) is 11.6 Å². The zero-order valence-electron chi connectivity index (χ0n) is 15.0. The third-order valence-electron chi connectivity index (χ3n) is 4.95. The number of nitrogens with zero attached hydrogens (tertiary/aromatic N) is 3. The maximum atomic E-state index is 13.8. The zero-order chi connectivity index (χ0) is 19.7. The lowest BCUT2D eigenvalue weighted by molar-refractivity contribution is 0.0619. The van der Waals surface area contributed by atoms with Crippen molar-refractivity contribution in [2.24, 2.45) is 0 Å². The molecule has 1 saturated heterocycles. The molecular formula is C20H18F2N4O2. The predicted molar refractivity (Wildman–Crippen MR) is 99.9 cm³/mol. The van der Waals surface area contributed by atoms with E-state index in [1.165, 1.54) is 12.1 Å². The Balaban J connectivity index is 1.44. The average molecular weight is 384 g/mol. The summed E-state index contributed by atoms with van der Waals surface area (Å²) in [6.07, 6.45) is 0. The van der Waals surface area contributed by atoms with Crippen LogP contribution in [-0.2, 0) is 6.54 Å². The third kappa shape index (κ3) is 3.50. The second-order valence-corrected chi connectivity index (χ2v) is 6.75. The van der Waals surface area contributed by atoms with Crippen LogP contribution < -0.4 is 5.43 Å². The Kier molecular flexibility index (Phi) is 4.87. The normalized spacial score (nSPS) is 15.1. The lowest BCUT2D eigenvalue weighted by atomic mass is 10.1. The van der Waals surface area contributed by atoms with Gasteiger partial charge in [0.05, 0.1) is 5.52 Å². The summed E-state index contributed by atoms with van der Waals surface area (Å²) in [4.78, 5) is 28.9. The molecule has 1 fully saturated rings. The number of aromatic amines is 1. The van der Waals surface area contributed by atoms with Gasteiger partial charge < -0.3 is 4.90 Å². The van der Waals surface area contributed by atoms with Gasteiger partial charge in [0.15, 0.2) is 5.69 Å². The van der Waals surface area contributed by atoms with Crippen molar-refractivity contribution < 1.29 is 13.6 Å². The molecule has 0 unspecified atom stereocenters. The number of amides is 1. The van der Waals surface area contributed by atoms with E-state index in [0.717, 1.165) is 6.07 Å². The van der Waals surface area contributed by atoms with Gasteiger partial charge >= 0.3 is 0 Å². The van der Waals surface area contributed by atoms with E-state index in [9.17, 15) is 18.4 Å². The molecule has 144 valence electrons. The Labute approximate surface area is 159 Å². The minimum Gasteiger partial charge on any atom is -0.335 e. The predicted octanol–water partition coefficient (Wildman–Crippen LogP) is 2.16. The number of piperazine rings is 1. The molecule has 28 heavy (non-hydrogen) atoms. The number of fused-ring (bicyclic) bond motifs is 1. The summed E-state index contributed by atoms with van der Waals surface area (Å²) in [6.45, 7) is 2.18. The summed E-state index contributed by atoms with van der Waals surface area (Å²) < 4.78 is 26.9. The number of aromatic nitrogens is 2. The van der Waals surface area contributed by atoms with Crippen molar-refractivity contribution >= 4 is 16.8 Å². The molecule has 0 bridgehead atoms. The molecule has 6 nitrogen and oxygen atoms in total. The number of hydrogen-bond donors (Lipinski definition) is 1. The highest BCUT2D eigenvalue weighted by Crippen LogP contribution is 2.15. The topological polar surface area (TPSA) is 69.3 Å². The summed E-state index contributed by atoms with van der Waals surface area (Å²) in [6, 6.07) is 10.4. The molecule has 3 aromatic rings. The van der Waals surface area contributed by atoms with Crippen LogP contribution in [0.5, 0.6) is 0 Å². The van der Waals surface area contributed by atoms with Gasteiger partial charge in [0.2, 0.25) is 5.43 Å². The molecule has 0 saturated carbocycles. The van der Waals surface area contributed by atoms with E-state index in [4.69, 9.17) is 0 Å². The molecule has 8 heteroatoms. The van der Waals surface area contributed by atoms with Gasteiger partial charge in [-0.1, -0.05) is 18.2 Å². The molecule has 2 heterocycles. The van der Waals surface area contributed by atoms with Crippen LogP contribution in [0.25, 0.3) is 10.9 Å². The highest BCUT2D eigenvalue weighted by molar-refractivity contribution is 5.95. The van der Waals surface area contributed by atoms with Gasteiger partial charge in [-0.15, -0.1) is 0 Å². The number of hydrogen-bond acceptors (Lipinski definition) is 4. The summed E-state index contributed by atoms with van der Waals surface area (Å²) in [5.74, 6) is -1.60. The molecule has 4 rings (SSSR count). The zero-order valence-corrected chi connectivity index (χ0v) is 15.0. The first kappa shape index (κ1) is 18.2. The molecule has 0 spiro atoms. The summed E-state index contributed by atoms with van der Waals surface area (Å²) in [7, 11) is 0. The number of carbonyl (C=O) groups is 1. The maximum absolute atomic E-state index is 13.8. The number of carbonyl (C=O) groups excluding carboxylic acids is 1. The molecule has 1 aliphatic rings. The van der Waals surface area contributed by atoms with Gasteiger partial charge in [-0.05, 0) is 18.2 Å². The van der Waals surface area contributed by atoms with E-state index < -0.39 is 23.0 Å². The fourth-order valence-corrected chi connectivity index (χ4v) is 3.37. The van der Waals surface area contributed by atoms with Gasteiger partial charge in [0.1, 0.15) is 11.6 Å². The van der Waals surface area contributed by atoms with Gasteiger partial charge in [-0.3, -0.25) is 19.6 Å². The highest BCUT2D eigenvalue weighted by Gasteiger charge is 2.26. The van der Waals surface area contributed by atoms with E-state index in [1.807, 2.05) is 4.90 Å². The van der Waals surface area contributed by atoms with Crippen LogP contribution in [-0.4, -0.2) is 52.1 Å². The van der Waals surface area contributed by atoms with E-state index in [2.05, 4.69) is 10.2 Å². The van der Waals surface area contributed by atoms with Crippen LogP contribution in [0.3, 0.4) is 0 Å². The Morgan fingerprint density at radius 3 is 2.57 bits per heavy atom. The Hall–Kier alpha value is -3.13. The molecular weight excluding hydrogens is 366 g/mol. The van der Waals surface area contributed by atoms with Crippen LogP contribution in [0.15, 0.2) is 47.3 Å². The first-order valence-electron chi connectivity index (χ1n) is 8.96. The second-order valence-electron chi connectivity index (χ2n) is 6.75. The minimum atomic E-state index is -0.607. The molecule has 1 amide bonds. The molecule has 0 aliphatic carbocycles. The number of rotatable bonds is 3. The van der Waals surface area contributed by atoms with Crippen LogP contribution in [0.4, 0.5) is 8.78 Å². The average Bonchev–Trinajstić information content (AvgIpc) is 2.71. The second kappa shape index (κ2) is 7.47. The van der Waals surface area contributed by atoms with Crippen molar-refractivity contribution in [1.82, 2.24) is 20.0 Å². The van der Waals surface area contributed by atoms with E-state index in [1.54, 1.807) is 29.2 Å². The first-order valence-corrected chi connectivity index (χ1v) is 8.96. The number of benzene rings is 2. The maximum Gasteiger partial charge on any atom is 0.278 e. The lowest BCUT2D eigenvalue weighted by Crippen LogP contribution is -2.49. The monoisotopic (exact) mass is 384 g/mol. The summed E-state index contributed by atoms with van der Waals surface area (Å²) in [5.41, 5.74) is 0.468. The quantitative estimate of drug-likeness (QED) is 0.751. The number of nitrogens with one attached hydrogen (secondary N) is 1. The van der Waals surface area contributed by atoms with Crippen LogP contribution >= 0.6 is 0 Å². The van der Waals surface area contributed by atoms with Gasteiger partial charge in [-0.25, -0.2) is 8.78 Å². The van der Waals surface area contributed by atoms with Crippen LogP contribution in [0.2, 0.25) is 0 Å². The van der Waals surface area contributed by atoms with Crippen molar-refractivity contribution in [1.29, 1.82) is 0 Å². The molecule has 1 aromatic heterocycles. The molecule has 0 atom stereocenters. The lowest BCUT2D eigenvalue weighted by Gasteiger charge is -2.34. The number of halogens is 2. The van der Waals surface area contributed by atoms with Crippen molar-refractivity contribution in [3.05, 3.63) is 75.6 Å². The standard InChI is InChI=1S/C20H18F2N4O2/c21-14-6-5-13(16(22)11-14)12-25-7-9-26(10-8-25)20(28)18-19(27)15-3-1-2-4-17(15)23-24-18/h1-6,11H,7-10,12H2,(H,23,27). The van der Waals surface area contributed by atoms with Crippen LogP contribution in [0.1, 0.15) is 16.1 Å². The minimum absolute atomic E-state index is 0.128. The largest absolute Gasteiger partial charge is 0.335 e. The van der Waals surface area contributed by atoms with Gasteiger partial charge in [0, 0.05) is 49.7 Å². The molecule has 2 aromatic carbocycles. The van der Waals surface area contributed by atoms with E-state index in [0.29, 0.717) is 49.2 Å². The van der Waals surface area contributed by atoms with Gasteiger partial charge in [0.25, 0.3) is 5.91 Å².